The third kappa shape index (κ3) is 1.23. The Morgan fingerprint density at radius 3 is 2.93 bits per heavy atom. The van der Waals surface area contributed by atoms with Crippen LogP contribution in [0.1, 0.15) is 15.9 Å². The van der Waals surface area contributed by atoms with Crippen LogP contribution in [0.2, 0.25) is 0 Å². The number of nitrogens with zero attached hydrogens (tertiary/aromatic N) is 1. The highest BCUT2D eigenvalue weighted by Gasteiger charge is 2.28. The second kappa shape index (κ2) is 3.29. The molecule has 4 heteroatoms. The summed E-state index contributed by atoms with van der Waals surface area (Å²) < 4.78 is 12.1. The van der Waals surface area contributed by atoms with Gasteiger partial charge in [-0.1, -0.05) is 12.1 Å². The molecule has 74 valence electrons. The van der Waals surface area contributed by atoms with E-state index < -0.39 is 6.67 Å². The topological polar surface area (TPSA) is 46.3 Å². The van der Waals surface area contributed by atoms with Crippen LogP contribution in [0.15, 0.2) is 18.2 Å². The summed E-state index contributed by atoms with van der Waals surface area (Å²) in [6.07, 6.45) is 0. The molecule has 1 aromatic rings. The van der Waals surface area contributed by atoms with Crippen LogP contribution in [0.5, 0.6) is 0 Å². The number of hydrogen-bond donors (Lipinski definition) is 1. The van der Waals surface area contributed by atoms with Gasteiger partial charge in [-0.05, 0) is 11.6 Å². The molecule has 0 unspecified atom stereocenters. The van der Waals surface area contributed by atoms with Gasteiger partial charge in [0, 0.05) is 18.8 Å². The summed E-state index contributed by atoms with van der Waals surface area (Å²) in [5.41, 5.74) is 7.59. The first-order valence-corrected chi connectivity index (χ1v) is 4.46. The van der Waals surface area contributed by atoms with Crippen LogP contribution in [0, 0.1) is 0 Å². The Labute approximate surface area is 81.3 Å². The van der Waals surface area contributed by atoms with Crippen molar-refractivity contribution >= 4 is 11.6 Å². The summed E-state index contributed by atoms with van der Waals surface area (Å²) in [6.45, 7) is 0.107. The summed E-state index contributed by atoms with van der Waals surface area (Å²) in [5, 5.41) is 0. The lowest BCUT2D eigenvalue weighted by Crippen LogP contribution is -2.26. The minimum atomic E-state index is -0.514. The van der Waals surface area contributed by atoms with Gasteiger partial charge in [0.1, 0.15) is 6.67 Å². The normalized spacial score (nSPS) is 14.6. The van der Waals surface area contributed by atoms with Crippen LogP contribution in [0.3, 0.4) is 0 Å². The number of halogens is 1. The molecule has 1 amide bonds. The maximum absolute atomic E-state index is 12.1. The van der Waals surface area contributed by atoms with Crippen LogP contribution in [-0.4, -0.2) is 24.0 Å². The number of nitrogens with two attached hydrogens (primary N) is 1. The Kier molecular flexibility index (Phi) is 2.11. The number of alkyl halides is 1. The predicted molar refractivity (Wildman–Crippen MR) is 51.6 cm³/mol. The quantitative estimate of drug-likeness (QED) is 0.719. The lowest BCUT2D eigenvalue weighted by molar-refractivity contribution is 0.0769. The Hall–Kier alpha value is -1.58. The SMILES string of the molecule is Nc1cccc2c1C(=O)N(CCF)C2. The summed E-state index contributed by atoms with van der Waals surface area (Å²) >= 11 is 0. The number of benzene rings is 1. The standard InChI is InChI=1S/C10H11FN2O/c11-4-5-13-6-7-2-1-3-8(12)9(7)10(13)14/h1-3H,4-6,12H2. The molecule has 1 aliphatic heterocycles. The van der Waals surface area contributed by atoms with Crippen molar-refractivity contribution in [2.24, 2.45) is 0 Å². The zero-order chi connectivity index (χ0) is 10.1. The van der Waals surface area contributed by atoms with Gasteiger partial charge in [0.05, 0.1) is 5.56 Å². The molecule has 0 spiro atoms. The van der Waals surface area contributed by atoms with E-state index in [-0.39, 0.29) is 12.5 Å². The molecule has 0 saturated heterocycles. The molecule has 1 aliphatic rings. The van der Waals surface area contributed by atoms with Gasteiger partial charge in [-0.15, -0.1) is 0 Å². The molecule has 0 bridgehead atoms. The number of carbonyl (C=O) groups is 1. The molecular formula is C10H11FN2O. The number of anilines is 1. The monoisotopic (exact) mass is 194 g/mol. The predicted octanol–water partition coefficient (Wildman–Crippen LogP) is 1.19. The summed E-state index contributed by atoms with van der Waals surface area (Å²) in [5.74, 6) is -0.157. The molecular weight excluding hydrogens is 183 g/mol. The second-order valence-corrected chi connectivity index (χ2v) is 3.30. The van der Waals surface area contributed by atoms with Crippen LogP contribution in [-0.2, 0) is 6.54 Å². The second-order valence-electron chi connectivity index (χ2n) is 3.30. The fourth-order valence-corrected chi connectivity index (χ4v) is 1.73. The van der Waals surface area contributed by atoms with Gasteiger partial charge in [-0.3, -0.25) is 4.79 Å². The van der Waals surface area contributed by atoms with Crippen molar-refractivity contribution in [2.75, 3.05) is 19.0 Å². The highest BCUT2D eigenvalue weighted by Crippen LogP contribution is 2.26. The molecule has 0 saturated carbocycles. The van der Waals surface area contributed by atoms with Gasteiger partial charge in [-0.25, -0.2) is 4.39 Å². The molecule has 14 heavy (non-hydrogen) atoms. The smallest absolute Gasteiger partial charge is 0.256 e. The van der Waals surface area contributed by atoms with Crippen LogP contribution in [0.4, 0.5) is 10.1 Å². The van der Waals surface area contributed by atoms with Crippen molar-refractivity contribution < 1.29 is 9.18 Å². The van der Waals surface area contributed by atoms with Crippen molar-refractivity contribution in [1.82, 2.24) is 4.90 Å². The summed E-state index contributed by atoms with van der Waals surface area (Å²) in [7, 11) is 0. The maximum atomic E-state index is 12.1. The fourth-order valence-electron chi connectivity index (χ4n) is 1.73. The molecule has 3 nitrogen and oxygen atoms in total. The van der Waals surface area contributed by atoms with E-state index in [4.69, 9.17) is 5.73 Å². The van der Waals surface area contributed by atoms with Crippen molar-refractivity contribution in [3.63, 3.8) is 0 Å². The van der Waals surface area contributed by atoms with Crippen LogP contribution < -0.4 is 5.73 Å². The van der Waals surface area contributed by atoms with E-state index in [1.807, 2.05) is 6.07 Å². The summed E-state index contributed by atoms with van der Waals surface area (Å²) in [6, 6.07) is 5.35. The highest BCUT2D eigenvalue weighted by molar-refractivity contribution is 6.02. The lowest BCUT2D eigenvalue weighted by atomic mass is 10.1. The highest BCUT2D eigenvalue weighted by atomic mass is 19.1. The van der Waals surface area contributed by atoms with Gasteiger partial charge in [0.2, 0.25) is 0 Å². The first-order chi connectivity index (χ1) is 6.74. The van der Waals surface area contributed by atoms with E-state index in [0.29, 0.717) is 17.8 Å². The van der Waals surface area contributed by atoms with Gasteiger partial charge in [-0.2, -0.15) is 0 Å². The molecule has 0 aliphatic carbocycles. The minimum absolute atomic E-state index is 0.146. The third-order valence-electron chi connectivity index (χ3n) is 2.40. The number of nitrogen functional groups attached to an aromatic ring is 1. The van der Waals surface area contributed by atoms with E-state index in [2.05, 4.69) is 0 Å². The average molecular weight is 194 g/mol. The first kappa shape index (κ1) is 8.99. The molecule has 2 rings (SSSR count). The van der Waals surface area contributed by atoms with E-state index in [0.717, 1.165) is 5.56 Å². The molecule has 2 N–H and O–H groups in total. The lowest BCUT2D eigenvalue weighted by Gasteiger charge is -2.12. The van der Waals surface area contributed by atoms with Crippen molar-refractivity contribution in [1.29, 1.82) is 0 Å². The van der Waals surface area contributed by atoms with E-state index >= 15 is 0 Å². The summed E-state index contributed by atoms with van der Waals surface area (Å²) in [4.78, 5) is 13.2. The maximum Gasteiger partial charge on any atom is 0.256 e. The Morgan fingerprint density at radius 2 is 2.29 bits per heavy atom. The molecule has 0 aromatic heterocycles. The largest absolute Gasteiger partial charge is 0.398 e. The van der Waals surface area contributed by atoms with Crippen molar-refractivity contribution in [2.45, 2.75) is 6.54 Å². The third-order valence-corrected chi connectivity index (χ3v) is 2.40. The molecule has 1 aromatic carbocycles. The van der Waals surface area contributed by atoms with Crippen LogP contribution >= 0.6 is 0 Å². The van der Waals surface area contributed by atoms with E-state index in [1.54, 1.807) is 12.1 Å². The van der Waals surface area contributed by atoms with Gasteiger partial charge in [0.15, 0.2) is 0 Å². The minimum Gasteiger partial charge on any atom is -0.398 e. The molecule has 1 heterocycles. The Bertz CT molecular complexity index is 378. The zero-order valence-electron chi connectivity index (χ0n) is 7.66. The number of carbonyl (C=O) groups excluding carboxylic acids is 1. The van der Waals surface area contributed by atoms with E-state index in [1.165, 1.54) is 4.90 Å². The number of rotatable bonds is 2. The first-order valence-electron chi connectivity index (χ1n) is 4.46. The number of hydrogen-bond acceptors (Lipinski definition) is 2. The van der Waals surface area contributed by atoms with Gasteiger partial charge >= 0.3 is 0 Å². The van der Waals surface area contributed by atoms with Gasteiger partial charge in [0.25, 0.3) is 5.91 Å². The van der Waals surface area contributed by atoms with Gasteiger partial charge < -0.3 is 10.6 Å². The average Bonchev–Trinajstić information content (AvgIpc) is 2.46. The Balaban J connectivity index is 2.36. The van der Waals surface area contributed by atoms with Crippen molar-refractivity contribution in [3.05, 3.63) is 29.3 Å². The van der Waals surface area contributed by atoms with Crippen molar-refractivity contribution in [3.8, 4) is 0 Å². The molecule has 0 atom stereocenters. The Morgan fingerprint density at radius 1 is 1.50 bits per heavy atom. The molecule has 0 fully saturated rings. The van der Waals surface area contributed by atoms with E-state index in [9.17, 15) is 9.18 Å². The number of fused-ring (bicyclic) bond motifs is 1. The zero-order valence-corrected chi connectivity index (χ0v) is 7.66. The molecule has 0 radical (unpaired) electrons. The number of amides is 1. The van der Waals surface area contributed by atoms with Crippen LogP contribution in [0.25, 0.3) is 0 Å². The fraction of sp³-hybridized carbons (Fsp3) is 0.300.